The third kappa shape index (κ3) is 4.74. The summed E-state index contributed by atoms with van der Waals surface area (Å²) in [5.74, 6) is -4.71. The summed E-state index contributed by atoms with van der Waals surface area (Å²) in [5.41, 5.74) is 3.99. The van der Waals surface area contributed by atoms with Gasteiger partial charge in [0.15, 0.2) is 0 Å². The van der Waals surface area contributed by atoms with Crippen molar-refractivity contribution in [1.82, 2.24) is 15.8 Å². The number of halogens is 3. The van der Waals surface area contributed by atoms with Crippen molar-refractivity contribution in [3.05, 3.63) is 71.0 Å². The van der Waals surface area contributed by atoms with Gasteiger partial charge < -0.3 is 4.90 Å². The van der Waals surface area contributed by atoms with Gasteiger partial charge in [0.2, 0.25) is 5.91 Å². The van der Waals surface area contributed by atoms with E-state index in [4.69, 9.17) is 0 Å². The first-order valence-corrected chi connectivity index (χ1v) is 8.96. The number of likely N-dealkylation sites (tertiary alicyclic amines) is 1. The predicted octanol–water partition coefficient (Wildman–Crippen LogP) is 2.42. The van der Waals surface area contributed by atoms with E-state index in [1.165, 1.54) is 23.1 Å². The van der Waals surface area contributed by atoms with Crippen molar-refractivity contribution < 1.29 is 27.6 Å². The maximum Gasteiger partial charge on any atom is 0.272 e. The van der Waals surface area contributed by atoms with Crippen LogP contribution in [-0.2, 0) is 4.79 Å². The number of rotatable bonds is 3. The fourth-order valence-electron chi connectivity index (χ4n) is 3.11. The first-order chi connectivity index (χ1) is 13.9. The molecule has 9 heteroatoms. The number of hydrogen-bond acceptors (Lipinski definition) is 3. The zero-order valence-corrected chi connectivity index (χ0v) is 15.3. The van der Waals surface area contributed by atoms with Crippen LogP contribution in [0.4, 0.5) is 13.2 Å². The van der Waals surface area contributed by atoms with Crippen LogP contribution in [0.25, 0.3) is 0 Å². The molecule has 3 amide bonds. The zero-order chi connectivity index (χ0) is 21.0. The molecule has 0 aromatic heterocycles. The highest BCUT2D eigenvalue weighted by atomic mass is 19.1. The second-order valence-electron chi connectivity index (χ2n) is 6.61. The van der Waals surface area contributed by atoms with Crippen molar-refractivity contribution in [2.75, 3.05) is 13.1 Å². The van der Waals surface area contributed by atoms with Crippen molar-refractivity contribution in [3.63, 3.8) is 0 Å². The van der Waals surface area contributed by atoms with E-state index in [0.29, 0.717) is 18.9 Å². The fraction of sp³-hybridized carbons (Fsp3) is 0.250. The van der Waals surface area contributed by atoms with E-state index in [-0.39, 0.29) is 24.2 Å². The SMILES string of the molecule is O=C(NNC(=O)C1CCN(C(=O)c2ccc(F)cc2F)CC1)c1ccccc1F. The van der Waals surface area contributed by atoms with Gasteiger partial charge in [-0.2, -0.15) is 0 Å². The lowest BCUT2D eigenvalue weighted by Crippen LogP contribution is -2.48. The van der Waals surface area contributed by atoms with Crippen molar-refractivity contribution in [3.8, 4) is 0 Å². The average molecular weight is 405 g/mol. The van der Waals surface area contributed by atoms with Crippen molar-refractivity contribution in [2.24, 2.45) is 5.92 Å². The van der Waals surface area contributed by atoms with Crippen LogP contribution in [0.15, 0.2) is 42.5 Å². The molecule has 2 N–H and O–H groups in total. The van der Waals surface area contributed by atoms with Crippen LogP contribution in [-0.4, -0.2) is 35.7 Å². The maximum absolute atomic E-state index is 13.8. The topological polar surface area (TPSA) is 78.5 Å². The Kier molecular flexibility index (Phi) is 6.16. The molecule has 1 saturated heterocycles. The number of benzene rings is 2. The Hall–Kier alpha value is -3.36. The molecular formula is C20H18F3N3O3. The van der Waals surface area contributed by atoms with Crippen LogP contribution in [0.2, 0.25) is 0 Å². The predicted molar refractivity (Wildman–Crippen MR) is 97.0 cm³/mol. The number of hydrazine groups is 1. The number of piperidine rings is 1. The molecule has 0 saturated carbocycles. The summed E-state index contributed by atoms with van der Waals surface area (Å²) in [5, 5.41) is 0. The molecule has 0 bridgehead atoms. The molecule has 3 rings (SSSR count). The van der Waals surface area contributed by atoms with Crippen LogP contribution < -0.4 is 10.9 Å². The molecular weight excluding hydrogens is 387 g/mol. The van der Waals surface area contributed by atoms with Gasteiger partial charge in [-0.1, -0.05) is 12.1 Å². The Morgan fingerprint density at radius 1 is 0.862 bits per heavy atom. The Bertz CT molecular complexity index is 944. The summed E-state index contributed by atoms with van der Waals surface area (Å²) < 4.78 is 40.3. The summed E-state index contributed by atoms with van der Waals surface area (Å²) in [4.78, 5) is 37.9. The minimum atomic E-state index is -0.939. The second kappa shape index (κ2) is 8.76. The molecule has 0 aliphatic carbocycles. The van der Waals surface area contributed by atoms with Gasteiger partial charge in [0.05, 0.1) is 11.1 Å². The standard InChI is InChI=1S/C20H18F3N3O3/c21-13-5-6-15(17(23)11-13)20(29)26-9-7-12(8-10-26)18(27)24-25-19(28)14-3-1-2-4-16(14)22/h1-6,11-12H,7-10H2,(H,24,27)(H,25,28). The Morgan fingerprint density at radius 3 is 2.21 bits per heavy atom. The molecule has 152 valence electrons. The molecule has 2 aromatic rings. The summed E-state index contributed by atoms with van der Waals surface area (Å²) in [7, 11) is 0. The first kappa shape index (κ1) is 20.4. The Morgan fingerprint density at radius 2 is 1.55 bits per heavy atom. The van der Waals surface area contributed by atoms with Crippen molar-refractivity contribution >= 4 is 17.7 Å². The highest BCUT2D eigenvalue weighted by Crippen LogP contribution is 2.20. The lowest BCUT2D eigenvalue weighted by molar-refractivity contribution is -0.127. The van der Waals surface area contributed by atoms with E-state index in [0.717, 1.165) is 18.2 Å². The van der Waals surface area contributed by atoms with E-state index in [1.807, 2.05) is 0 Å². The van der Waals surface area contributed by atoms with Crippen LogP contribution in [0.3, 0.4) is 0 Å². The molecule has 0 spiro atoms. The van der Waals surface area contributed by atoms with Gasteiger partial charge in [0, 0.05) is 25.1 Å². The lowest BCUT2D eigenvalue weighted by Gasteiger charge is -2.31. The van der Waals surface area contributed by atoms with E-state index >= 15 is 0 Å². The largest absolute Gasteiger partial charge is 0.339 e. The van der Waals surface area contributed by atoms with Crippen LogP contribution >= 0.6 is 0 Å². The molecule has 0 unspecified atom stereocenters. The molecule has 6 nitrogen and oxygen atoms in total. The number of carbonyl (C=O) groups excluding carboxylic acids is 3. The zero-order valence-electron chi connectivity index (χ0n) is 15.3. The molecule has 1 fully saturated rings. The molecule has 29 heavy (non-hydrogen) atoms. The Balaban J connectivity index is 1.51. The quantitative estimate of drug-likeness (QED) is 0.770. The molecule has 0 radical (unpaired) electrons. The van der Waals surface area contributed by atoms with Gasteiger partial charge >= 0.3 is 0 Å². The summed E-state index contributed by atoms with van der Waals surface area (Å²) in [6.07, 6.45) is 0.603. The van der Waals surface area contributed by atoms with Crippen LogP contribution in [0.1, 0.15) is 33.6 Å². The minimum Gasteiger partial charge on any atom is -0.339 e. The molecule has 1 heterocycles. The molecule has 0 atom stereocenters. The normalized spacial score (nSPS) is 14.4. The summed E-state index contributed by atoms with van der Waals surface area (Å²) in [6.45, 7) is 0.407. The van der Waals surface area contributed by atoms with E-state index < -0.39 is 41.1 Å². The highest BCUT2D eigenvalue weighted by molar-refractivity contribution is 5.96. The highest BCUT2D eigenvalue weighted by Gasteiger charge is 2.29. The molecule has 1 aliphatic heterocycles. The van der Waals surface area contributed by atoms with Gasteiger partial charge in [0.25, 0.3) is 11.8 Å². The van der Waals surface area contributed by atoms with Crippen LogP contribution in [0, 0.1) is 23.4 Å². The number of nitrogens with zero attached hydrogens (tertiary/aromatic N) is 1. The van der Waals surface area contributed by atoms with Crippen molar-refractivity contribution in [1.29, 1.82) is 0 Å². The van der Waals surface area contributed by atoms with E-state index in [1.54, 1.807) is 0 Å². The lowest BCUT2D eigenvalue weighted by atomic mass is 9.95. The van der Waals surface area contributed by atoms with E-state index in [2.05, 4.69) is 10.9 Å². The van der Waals surface area contributed by atoms with Gasteiger partial charge in [-0.05, 0) is 37.1 Å². The van der Waals surface area contributed by atoms with E-state index in [9.17, 15) is 27.6 Å². The van der Waals surface area contributed by atoms with Gasteiger partial charge in [-0.25, -0.2) is 13.2 Å². The minimum absolute atomic E-state index is 0.199. The fourth-order valence-corrected chi connectivity index (χ4v) is 3.11. The number of hydrogen-bond donors (Lipinski definition) is 2. The van der Waals surface area contributed by atoms with Crippen LogP contribution in [0.5, 0.6) is 0 Å². The molecule has 1 aliphatic rings. The summed E-state index contributed by atoms with van der Waals surface area (Å²) in [6, 6.07) is 8.10. The monoisotopic (exact) mass is 405 g/mol. The van der Waals surface area contributed by atoms with Crippen molar-refractivity contribution in [2.45, 2.75) is 12.8 Å². The summed E-state index contributed by atoms with van der Waals surface area (Å²) >= 11 is 0. The molecule has 2 aromatic carbocycles. The number of carbonyl (C=O) groups is 3. The van der Waals surface area contributed by atoms with Gasteiger partial charge in [-0.15, -0.1) is 0 Å². The number of nitrogens with one attached hydrogen (secondary N) is 2. The van der Waals surface area contributed by atoms with Gasteiger partial charge in [-0.3, -0.25) is 25.2 Å². The van der Waals surface area contributed by atoms with Gasteiger partial charge in [0.1, 0.15) is 17.5 Å². The third-order valence-electron chi connectivity index (χ3n) is 4.73. The average Bonchev–Trinajstić information content (AvgIpc) is 2.72. The Labute approximate surface area is 164 Å². The number of amides is 3. The first-order valence-electron chi connectivity index (χ1n) is 8.96. The third-order valence-corrected chi connectivity index (χ3v) is 4.73. The second-order valence-corrected chi connectivity index (χ2v) is 6.61. The maximum atomic E-state index is 13.8. The smallest absolute Gasteiger partial charge is 0.272 e.